The van der Waals surface area contributed by atoms with Crippen LogP contribution in [0.3, 0.4) is 0 Å². The fraction of sp³-hybridized carbons (Fsp3) is 0.435. The van der Waals surface area contributed by atoms with Crippen LogP contribution in [0, 0.1) is 6.92 Å². The van der Waals surface area contributed by atoms with Gasteiger partial charge in [-0.15, -0.1) is 0 Å². The molecule has 0 aromatic heterocycles. The Morgan fingerprint density at radius 2 is 1.80 bits per heavy atom. The predicted molar refractivity (Wildman–Crippen MR) is 125 cm³/mol. The molecule has 0 aliphatic heterocycles. The minimum atomic E-state index is -3.65. The number of thioether (sulfide) groups is 1. The number of rotatable bonds is 8. The standard InChI is InChI=1S/C23H30N2O3S2/c1-18-17-19(23(26)24-15-16-29-20-9-5-3-6-10-20)13-14-22(18)25(2)30(27,28)21-11-7-4-8-12-21/h4,7-8,11-14,17,20H,3,5-6,9-10,15-16H2,1-2H3,(H,24,26). The molecule has 1 aliphatic carbocycles. The lowest BCUT2D eigenvalue weighted by molar-refractivity contribution is 0.0956. The van der Waals surface area contributed by atoms with E-state index in [9.17, 15) is 13.2 Å². The molecule has 2 aromatic rings. The number of aryl methyl sites for hydroxylation is 1. The van der Waals surface area contributed by atoms with Crippen LogP contribution in [0.15, 0.2) is 53.4 Å². The topological polar surface area (TPSA) is 66.5 Å². The first-order valence-electron chi connectivity index (χ1n) is 10.4. The molecular formula is C23H30N2O3S2. The van der Waals surface area contributed by atoms with Crippen molar-refractivity contribution in [2.24, 2.45) is 0 Å². The molecule has 7 heteroatoms. The molecule has 0 saturated heterocycles. The summed E-state index contributed by atoms with van der Waals surface area (Å²) in [4.78, 5) is 12.7. The zero-order valence-electron chi connectivity index (χ0n) is 17.6. The van der Waals surface area contributed by atoms with E-state index in [4.69, 9.17) is 0 Å². The number of hydrogen-bond donors (Lipinski definition) is 1. The Labute approximate surface area is 184 Å². The van der Waals surface area contributed by atoms with E-state index < -0.39 is 10.0 Å². The van der Waals surface area contributed by atoms with E-state index in [-0.39, 0.29) is 10.8 Å². The molecule has 0 atom stereocenters. The van der Waals surface area contributed by atoms with Gasteiger partial charge in [0.1, 0.15) is 0 Å². The maximum Gasteiger partial charge on any atom is 0.264 e. The summed E-state index contributed by atoms with van der Waals surface area (Å²) in [5, 5.41) is 3.71. The van der Waals surface area contributed by atoms with E-state index in [1.54, 1.807) is 48.5 Å². The minimum absolute atomic E-state index is 0.123. The number of nitrogens with zero attached hydrogens (tertiary/aromatic N) is 1. The zero-order valence-corrected chi connectivity index (χ0v) is 19.3. The Hall–Kier alpha value is -1.99. The first kappa shape index (κ1) is 22.7. The van der Waals surface area contributed by atoms with Gasteiger partial charge in [0.2, 0.25) is 0 Å². The highest BCUT2D eigenvalue weighted by molar-refractivity contribution is 7.99. The lowest BCUT2D eigenvalue weighted by atomic mass is 10.0. The number of benzene rings is 2. The molecule has 162 valence electrons. The fourth-order valence-electron chi connectivity index (χ4n) is 3.75. The van der Waals surface area contributed by atoms with Crippen molar-refractivity contribution in [2.75, 3.05) is 23.7 Å². The van der Waals surface area contributed by atoms with Gasteiger partial charge in [0.25, 0.3) is 15.9 Å². The van der Waals surface area contributed by atoms with Crippen molar-refractivity contribution < 1.29 is 13.2 Å². The molecule has 0 radical (unpaired) electrons. The van der Waals surface area contributed by atoms with Gasteiger partial charge in [0.05, 0.1) is 10.6 Å². The third-order valence-corrected chi connectivity index (χ3v) is 8.66. The maximum atomic E-state index is 12.9. The molecule has 1 aliphatic rings. The van der Waals surface area contributed by atoms with Crippen LogP contribution in [0.5, 0.6) is 0 Å². The number of carbonyl (C=O) groups is 1. The minimum Gasteiger partial charge on any atom is -0.351 e. The van der Waals surface area contributed by atoms with E-state index in [2.05, 4.69) is 5.32 Å². The monoisotopic (exact) mass is 446 g/mol. The van der Waals surface area contributed by atoms with Crippen molar-refractivity contribution in [3.05, 3.63) is 59.7 Å². The molecule has 1 fully saturated rings. The number of amides is 1. The Bertz CT molecular complexity index is 956. The number of hydrogen-bond acceptors (Lipinski definition) is 4. The molecule has 0 heterocycles. The molecule has 2 aromatic carbocycles. The molecule has 0 unspecified atom stereocenters. The highest BCUT2D eigenvalue weighted by atomic mass is 32.2. The quantitative estimate of drug-likeness (QED) is 0.601. The van der Waals surface area contributed by atoms with Crippen molar-refractivity contribution in [3.63, 3.8) is 0 Å². The summed E-state index contributed by atoms with van der Waals surface area (Å²) in [6.07, 6.45) is 6.58. The normalized spacial score (nSPS) is 15.0. The smallest absolute Gasteiger partial charge is 0.264 e. The molecule has 1 N–H and O–H groups in total. The number of anilines is 1. The van der Waals surface area contributed by atoms with Crippen LogP contribution in [0.25, 0.3) is 0 Å². The van der Waals surface area contributed by atoms with Gasteiger partial charge >= 0.3 is 0 Å². The third-order valence-electron chi connectivity index (χ3n) is 5.49. The Morgan fingerprint density at radius 1 is 1.10 bits per heavy atom. The van der Waals surface area contributed by atoms with Gasteiger partial charge in [-0.2, -0.15) is 11.8 Å². The molecule has 0 bridgehead atoms. The van der Waals surface area contributed by atoms with Gasteiger partial charge < -0.3 is 5.32 Å². The van der Waals surface area contributed by atoms with E-state index in [0.29, 0.717) is 17.8 Å². The molecule has 3 rings (SSSR count). The van der Waals surface area contributed by atoms with Gasteiger partial charge in [-0.3, -0.25) is 9.10 Å². The van der Waals surface area contributed by atoms with Crippen LogP contribution in [-0.4, -0.2) is 38.9 Å². The second-order valence-electron chi connectivity index (χ2n) is 7.67. The van der Waals surface area contributed by atoms with Crippen LogP contribution < -0.4 is 9.62 Å². The Kier molecular flexibility index (Phi) is 7.83. The van der Waals surface area contributed by atoms with Crippen molar-refractivity contribution in [1.82, 2.24) is 5.32 Å². The lowest BCUT2D eigenvalue weighted by Crippen LogP contribution is -2.28. The van der Waals surface area contributed by atoms with Crippen molar-refractivity contribution in [1.29, 1.82) is 0 Å². The summed E-state index contributed by atoms with van der Waals surface area (Å²) < 4.78 is 27.0. The van der Waals surface area contributed by atoms with E-state index in [1.165, 1.54) is 43.5 Å². The van der Waals surface area contributed by atoms with Gasteiger partial charge in [0.15, 0.2) is 0 Å². The molecule has 30 heavy (non-hydrogen) atoms. The Balaban J connectivity index is 1.59. The largest absolute Gasteiger partial charge is 0.351 e. The van der Waals surface area contributed by atoms with E-state index in [1.807, 2.05) is 18.7 Å². The first-order valence-corrected chi connectivity index (χ1v) is 12.9. The second-order valence-corrected chi connectivity index (χ2v) is 11.1. The maximum absolute atomic E-state index is 12.9. The first-order chi connectivity index (χ1) is 14.4. The predicted octanol–water partition coefficient (Wildman–Crippen LogP) is 4.62. The molecule has 0 spiro atoms. The van der Waals surface area contributed by atoms with Crippen molar-refractivity contribution in [3.8, 4) is 0 Å². The average molecular weight is 447 g/mol. The van der Waals surface area contributed by atoms with Gasteiger partial charge in [-0.1, -0.05) is 37.5 Å². The van der Waals surface area contributed by atoms with Crippen molar-refractivity contribution >= 4 is 33.4 Å². The van der Waals surface area contributed by atoms with E-state index in [0.717, 1.165) is 16.6 Å². The van der Waals surface area contributed by atoms with Gasteiger partial charge in [0, 0.05) is 30.2 Å². The van der Waals surface area contributed by atoms with Gasteiger partial charge in [-0.05, 0) is 55.7 Å². The van der Waals surface area contributed by atoms with Crippen LogP contribution in [0.2, 0.25) is 0 Å². The summed E-state index contributed by atoms with van der Waals surface area (Å²) in [5.74, 6) is 0.799. The van der Waals surface area contributed by atoms with Crippen LogP contribution in [-0.2, 0) is 10.0 Å². The van der Waals surface area contributed by atoms with Crippen LogP contribution in [0.4, 0.5) is 5.69 Å². The highest BCUT2D eigenvalue weighted by Gasteiger charge is 2.22. The lowest BCUT2D eigenvalue weighted by Gasteiger charge is -2.22. The third kappa shape index (κ3) is 5.58. The fourth-order valence-corrected chi connectivity index (χ4v) is 6.26. The highest BCUT2D eigenvalue weighted by Crippen LogP contribution is 2.28. The van der Waals surface area contributed by atoms with Crippen LogP contribution >= 0.6 is 11.8 Å². The number of nitrogens with one attached hydrogen (secondary N) is 1. The number of sulfonamides is 1. The summed E-state index contributed by atoms with van der Waals surface area (Å²) in [6, 6.07) is 13.5. The summed E-state index contributed by atoms with van der Waals surface area (Å²) in [5.41, 5.74) is 1.84. The SMILES string of the molecule is Cc1cc(C(=O)NCCSC2CCCCC2)ccc1N(C)S(=O)(=O)c1ccccc1. The number of carbonyl (C=O) groups excluding carboxylic acids is 1. The zero-order chi connectivity index (χ0) is 21.6. The van der Waals surface area contributed by atoms with Crippen LogP contribution in [0.1, 0.15) is 48.0 Å². The molecule has 1 saturated carbocycles. The molecule has 5 nitrogen and oxygen atoms in total. The summed E-state index contributed by atoms with van der Waals surface area (Å²) in [6.45, 7) is 2.46. The van der Waals surface area contributed by atoms with Gasteiger partial charge in [-0.25, -0.2) is 8.42 Å². The summed E-state index contributed by atoms with van der Waals surface area (Å²) >= 11 is 1.96. The molecular weight excluding hydrogens is 416 g/mol. The van der Waals surface area contributed by atoms with E-state index >= 15 is 0 Å². The Morgan fingerprint density at radius 3 is 2.47 bits per heavy atom. The average Bonchev–Trinajstić information content (AvgIpc) is 2.77. The van der Waals surface area contributed by atoms with Crippen molar-refractivity contribution in [2.45, 2.75) is 49.2 Å². The second kappa shape index (κ2) is 10.4. The molecule has 1 amide bonds. The summed E-state index contributed by atoms with van der Waals surface area (Å²) in [7, 11) is -2.11.